The summed E-state index contributed by atoms with van der Waals surface area (Å²) in [7, 11) is 0. The van der Waals surface area contributed by atoms with E-state index in [4.69, 9.17) is 0 Å². The van der Waals surface area contributed by atoms with Gasteiger partial charge in [0.1, 0.15) is 11.6 Å². The van der Waals surface area contributed by atoms with Gasteiger partial charge in [0.15, 0.2) is 0 Å². The Morgan fingerprint density at radius 3 is 2.65 bits per heavy atom. The summed E-state index contributed by atoms with van der Waals surface area (Å²) in [5.41, 5.74) is 3.77. The summed E-state index contributed by atoms with van der Waals surface area (Å²) in [5, 5.41) is 4.11. The molecule has 1 N–H and O–H groups in total. The van der Waals surface area contributed by atoms with Crippen LogP contribution in [-0.2, 0) is 0 Å². The number of hydrogen-bond donors (Lipinski definition) is 1. The number of ether oxygens (including phenoxy) is 1. The second kappa shape index (κ2) is 6.60. The number of para-hydroxylation sites is 1. The van der Waals surface area contributed by atoms with Crippen LogP contribution >= 0.6 is 0 Å². The van der Waals surface area contributed by atoms with Crippen molar-refractivity contribution in [2.75, 3.05) is 5.43 Å². The number of alkyl halides is 2. The minimum atomic E-state index is -2.87. The first-order chi connectivity index (χ1) is 9.66. The molecule has 0 aliphatic heterocycles. The lowest BCUT2D eigenvalue weighted by atomic mass is 10.1. The number of hydrazone groups is 1. The Morgan fingerprint density at radius 2 is 1.95 bits per heavy atom. The molecule has 0 saturated carbocycles. The summed E-state index contributed by atoms with van der Waals surface area (Å²) >= 11 is 0. The van der Waals surface area contributed by atoms with E-state index in [0.29, 0.717) is 17.1 Å². The van der Waals surface area contributed by atoms with Crippen molar-refractivity contribution in [1.82, 2.24) is 4.98 Å². The Bertz CT molecular complexity index is 588. The molecule has 0 radical (unpaired) electrons. The van der Waals surface area contributed by atoms with Crippen LogP contribution in [0.4, 0.5) is 14.6 Å². The first kappa shape index (κ1) is 13.9. The lowest BCUT2D eigenvalue weighted by molar-refractivity contribution is -0.0499. The van der Waals surface area contributed by atoms with E-state index in [1.54, 1.807) is 43.5 Å². The predicted molar refractivity (Wildman–Crippen MR) is 73.1 cm³/mol. The van der Waals surface area contributed by atoms with Crippen LogP contribution in [0, 0.1) is 0 Å². The van der Waals surface area contributed by atoms with E-state index in [9.17, 15) is 8.78 Å². The highest BCUT2D eigenvalue weighted by atomic mass is 19.3. The summed E-state index contributed by atoms with van der Waals surface area (Å²) in [6, 6.07) is 11.8. The molecule has 1 aromatic carbocycles. The number of rotatable bonds is 5. The molecule has 2 rings (SSSR count). The van der Waals surface area contributed by atoms with Gasteiger partial charge in [-0.1, -0.05) is 18.2 Å². The smallest absolute Gasteiger partial charge is 0.387 e. The molecule has 104 valence electrons. The molecule has 4 nitrogen and oxygen atoms in total. The highest BCUT2D eigenvalue weighted by Crippen LogP contribution is 2.21. The standard InChI is InChI=1S/C14H13F2N3O/c1-10(18-19-13-8-4-5-9-17-13)11-6-2-3-7-12(11)20-14(15)16/h2-9,14H,1H3,(H,17,19)/b18-10+. The van der Waals surface area contributed by atoms with Crippen LogP contribution in [0.3, 0.4) is 0 Å². The molecule has 20 heavy (non-hydrogen) atoms. The number of aromatic nitrogens is 1. The summed E-state index contributed by atoms with van der Waals surface area (Å²) in [4.78, 5) is 4.05. The van der Waals surface area contributed by atoms with Gasteiger partial charge in [0.2, 0.25) is 0 Å². The normalized spacial score (nSPS) is 11.5. The molecule has 0 fully saturated rings. The molecule has 0 amide bonds. The molecule has 6 heteroatoms. The fourth-order valence-electron chi connectivity index (χ4n) is 1.59. The van der Waals surface area contributed by atoms with Crippen LogP contribution in [0.25, 0.3) is 0 Å². The minimum absolute atomic E-state index is 0.0894. The molecular weight excluding hydrogens is 264 g/mol. The topological polar surface area (TPSA) is 46.5 Å². The number of pyridine rings is 1. The molecule has 2 aromatic rings. The van der Waals surface area contributed by atoms with E-state index in [0.717, 1.165) is 0 Å². The molecule has 0 spiro atoms. The first-order valence-corrected chi connectivity index (χ1v) is 5.92. The molecule has 0 atom stereocenters. The quantitative estimate of drug-likeness (QED) is 0.672. The second-order valence-electron chi connectivity index (χ2n) is 3.90. The van der Waals surface area contributed by atoms with Gasteiger partial charge in [0, 0.05) is 11.8 Å². The van der Waals surface area contributed by atoms with Gasteiger partial charge in [0.25, 0.3) is 0 Å². The molecule has 0 aliphatic rings. The lowest BCUT2D eigenvalue weighted by Crippen LogP contribution is -2.08. The number of hydrogen-bond acceptors (Lipinski definition) is 4. The van der Waals surface area contributed by atoms with E-state index < -0.39 is 6.61 Å². The highest BCUT2D eigenvalue weighted by molar-refractivity contribution is 6.01. The van der Waals surface area contributed by atoms with Crippen molar-refractivity contribution in [2.45, 2.75) is 13.5 Å². The maximum atomic E-state index is 12.3. The van der Waals surface area contributed by atoms with Gasteiger partial charge in [-0.3, -0.25) is 5.43 Å². The third-order valence-corrected chi connectivity index (χ3v) is 2.50. The summed E-state index contributed by atoms with van der Waals surface area (Å²) < 4.78 is 29.1. The molecule has 1 aromatic heterocycles. The zero-order valence-corrected chi connectivity index (χ0v) is 10.8. The van der Waals surface area contributed by atoms with Crippen LogP contribution in [0.2, 0.25) is 0 Å². The van der Waals surface area contributed by atoms with Crippen LogP contribution in [0.1, 0.15) is 12.5 Å². The van der Waals surface area contributed by atoms with Crippen molar-refractivity contribution >= 4 is 11.5 Å². The van der Waals surface area contributed by atoms with E-state index in [1.165, 1.54) is 6.07 Å². The van der Waals surface area contributed by atoms with Crippen molar-refractivity contribution < 1.29 is 13.5 Å². The number of benzene rings is 1. The summed E-state index contributed by atoms with van der Waals surface area (Å²) in [6.45, 7) is -1.17. The maximum absolute atomic E-state index is 12.3. The average molecular weight is 277 g/mol. The first-order valence-electron chi connectivity index (χ1n) is 5.92. The molecular formula is C14H13F2N3O. The van der Waals surface area contributed by atoms with Gasteiger partial charge < -0.3 is 4.74 Å². The van der Waals surface area contributed by atoms with Gasteiger partial charge in [-0.15, -0.1) is 0 Å². The maximum Gasteiger partial charge on any atom is 0.387 e. The third-order valence-electron chi connectivity index (χ3n) is 2.50. The van der Waals surface area contributed by atoms with E-state index in [2.05, 4.69) is 20.2 Å². The Morgan fingerprint density at radius 1 is 1.20 bits per heavy atom. The Hall–Kier alpha value is -2.50. The van der Waals surface area contributed by atoms with E-state index in [1.807, 2.05) is 6.07 Å². The van der Waals surface area contributed by atoms with Crippen molar-refractivity contribution in [1.29, 1.82) is 0 Å². The Balaban J connectivity index is 2.18. The number of anilines is 1. The second-order valence-corrected chi connectivity index (χ2v) is 3.90. The van der Waals surface area contributed by atoms with Gasteiger partial charge in [-0.2, -0.15) is 13.9 Å². The highest BCUT2D eigenvalue weighted by Gasteiger charge is 2.10. The molecule has 0 saturated heterocycles. The predicted octanol–water partition coefficient (Wildman–Crippen LogP) is 3.52. The molecule has 0 aliphatic carbocycles. The van der Waals surface area contributed by atoms with E-state index >= 15 is 0 Å². The number of nitrogens with zero attached hydrogens (tertiary/aromatic N) is 2. The Kier molecular flexibility index (Phi) is 4.60. The van der Waals surface area contributed by atoms with Crippen LogP contribution in [0.15, 0.2) is 53.8 Å². The fourth-order valence-corrected chi connectivity index (χ4v) is 1.59. The number of halogens is 2. The molecule has 0 unspecified atom stereocenters. The van der Waals surface area contributed by atoms with Crippen molar-refractivity contribution in [2.24, 2.45) is 5.10 Å². The van der Waals surface area contributed by atoms with Crippen molar-refractivity contribution in [3.63, 3.8) is 0 Å². The minimum Gasteiger partial charge on any atom is -0.434 e. The van der Waals surface area contributed by atoms with Gasteiger partial charge >= 0.3 is 6.61 Å². The number of nitrogens with one attached hydrogen (secondary N) is 1. The van der Waals surface area contributed by atoms with Gasteiger partial charge in [-0.25, -0.2) is 4.98 Å². The lowest BCUT2D eigenvalue weighted by Gasteiger charge is -2.10. The summed E-state index contributed by atoms with van der Waals surface area (Å²) in [6.07, 6.45) is 1.63. The third kappa shape index (κ3) is 3.74. The average Bonchev–Trinajstić information content (AvgIpc) is 2.46. The monoisotopic (exact) mass is 277 g/mol. The SMILES string of the molecule is C/C(=N\Nc1ccccn1)c1ccccc1OC(F)F. The molecule has 1 heterocycles. The van der Waals surface area contributed by atoms with Gasteiger partial charge in [0.05, 0.1) is 5.71 Å². The van der Waals surface area contributed by atoms with Crippen LogP contribution in [-0.4, -0.2) is 17.3 Å². The van der Waals surface area contributed by atoms with Crippen LogP contribution in [0.5, 0.6) is 5.75 Å². The fraction of sp³-hybridized carbons (Fsp3) is 0.143. The zero-order valence-electron chi connectivity index (χ0n) is 10.8. The van der Waals surface area contributed by atoms with Gasteiger partial charge in [-0.05, 0) is 31.2 Å². The van der Waals surface area contributed by atoms with Crippen LogP contribution < -0.4 is 10.2 Å². The van der Waals surface area contributed by atoms with E-state index in [-0.39, 0.29) is 5.75 Å². The Labute approximate surface area is 115 Å². The zero-order chi connectivity index (χ0) is 14.4. The van der Waals surface area contributed by atoms with Crippen molar-refractivity contribution in [3.8, 4) is 5.75 Å². The largest absolute Gasteiger partial charge is 0.434 e. The summed E-state index contributed by atoms with van der Waals surface area (Å²) in [5.74, 6) is 0.658. The molecule has 0 bridgehead atoms. The van der Waals surface area contributed by atoms with Crippen molar-refractivity contribution in [3.05, 3.63) is 54.2 Å².